The third-order valence-corrected chi connectivity index (χ3v) is 4.31. The highest BCUT2D eigenvalue weighted by Gasteiger charge is 2.36. The smallest absolute Gasteiger partial charge is 0.0667 e. The highest BCUT2D eigenvalue weighted by Crippen LogP contribution is 2.40. The summed E-state index contributed by atoms with van der Waals surface area (Å²) in [6, 6.07) is 0.716. The summed E-state index contributed by atoms with van der Waals surface area (Å²) in [5.41, 5.74) is 0.491. The van der Waals surface area contributed by atoms with E-state index in [4.69, 9.17) is 0 Å². The molecule has 94 valence electrons. The van der Waals surface area contributed by atoms with Gasteiger partial charge < -0.3 is 5.11 Å². The minimum Gasteiger partial charge on any atom is -0.392 e. The molecule has 2 rings (SSSR count). The lowest BCUT2D eigenvalue weighted by atomic mass is 9.70. The van der Waals surface area contributed by atoms with Crippen molar-refractivity contribution >= 4 is 0 Å². The average molecular weight is 225 g/mol. The minimum atomic E-state index is -0.0749. The fourth-order valence-electron chi connectivity index (χ4n) is 3.89. The van der Waals surface area contributed by atoms with E-state index in [1.807, 2.05) is 0 Å². The number of rotatable bonds is 1. The van der Waals surface area contributed by atoms with Crippen molar-refractivity contribution in [3.63, 3.8) is 0 Å². The summed E-state index contributed by atoms with van der Waals surface area (Å²) in [5.74, 6) is 0.841. The summed E-state index contributed by atoms with van der Waals surface area (Å²) in [6.07, 6.45) is 6.10. The van der Waals surface area contributed by atoms with Gasteiger partial charge in [0, 0.05) is 12.6 Å². The van der Waals surface area contributed by atoms with Crippen LogP contribution in [0.4, 0.5) is 0 Å². The first-order chi connectivity index (χ1) is 7.46. The Morgan fingerprint density at radius 2 is 2.00 bits per heavy atom. The SMILES string of the molecule is C[C@@H]1C[C@@H](N2CCC[C@H](O)C2)CC(C)(C)C1. The van der Waals surface area contributed by atoms with Gasteiger partial charge in [-0.2, -0.15) is 0 Å². The van der Waals surface area contributed by atoms with Crippen LogP contribution in [0.25, 0.3) is 0 Å². The molecular formula is C14H27NO. The van der Waals surface area contributed by atoms with Crippen LogP contribution in [-0.4, -0.2) is 35.2 Å². The molecule has 1 N–H and O–H groups in total. The molecule has 0 aromatic heterocycles. The number of piperidine rings is 1. The van der Waals surface area contributed by atoms with E-state index in [0.717, 1.165) is 18.9 Å². The van der Waals surface area contributed by atoms with Crippen LogP contribution >= 0.6 is 0 Å². The molecule has 16 heavy (non-hydrogen) atoms. The monoisotopic (exact) mass is 225 g/mol. The van der Waals surface area contributed by atoms with Crippen molar-refractivity contribution in [3.8, 4) is 0 Å². The van der Waals surface area contributed by atoms with Gasteiger partial charge in [-0.05, 0) is 50.0 Å². The van der Waals surface area contributed by atoms with Crippen LogP contribution in [-0.2, 0) is 0 Å². The van der Waals surface area contributed by atoms with Crippen LogP contribution < -0.4 is 0 Å². The maximum atomic E-state index is 9.76. The second-order valence-electron chi connectivity index (χ2n) is 6.86. The predicted octanol–water partition coefficient (Wildman–Crippen LogP) is 2.66. The highest BCUT2D eigenvalue weighted by atomic mass is 16.3. The maximum Gasteiger partial charge on any atom is 0.0667 e. The van der Waals surface area contributed by atoms with Crippen molar-refractivity contribution in [2.24, 2.45) is 11.3 Å². The van der Waals surface area contributed by atoms with Crippen molar-refractivity contribution in [2.75, 3.05) is 13.1 Å². The molecule has 1 saturated carbocycles. The minimum absolute atomic E-state index is 0.0749. The molecule has 2 heteroatoms. The second-order valence-corrected chi connectivity index (χ2v) is 6.86. The Hall–Kier alpha value is -0.0800. The van der Waals surface area contributed by atoms with Crippen LogP contribution in [0.15, 0.2) is 0 Å². The summed E-state index contributed by atoms with van der Waals surface area (Å²) in [7, 11) is 0. The standard InChI is InChI=1S/C14H27NO/c1-11-7-12(9-14(2,3)8-11)15-6-4-5-13(16)10-15/h11-13,16H,4-10H2,1-3H3/t11-,12-,13+/m1/s1. The molecule has 0 aromatic carbocycles. The van der Waals surface area contributed by atoms with Gasteiger partial charge in [-0.15, -0.1) is 0 Å². The van der Waals surface area contributed by atoms with Gasteiger partial charge in [-0.1, -0.05) is 20.8 Å². The molecule has 0 radical (unpaired) electrons. The summed E-state index contributed by atoms with van der Waals surface area (Å²) in [5, 5.41) is 9.76. The first-order valence-electron chi connectivity index (χ1n) is 6.88. The molecule has 2 nitrogen and oxygen atoms in total. The summed E-state index contributed by atoms with van der Waals surface area (Å²) < 4.78 is 0. The number of aliphatic hydroxyl groups excluding tert-OH is 1. The number of aliphatic hydroxyl groups is 1. The van der Waals surface area contributed by atoms with E-state index >= 15 is 0 Å². The third kappa shape index (κ3) is 2.98. The lowest BCUT2D eigenvalue weighted by Crippen LogP contribution is -2.48. The van der Waals surface area contributed by atoms with E-state index in [0.29, 0.717) is 11.5 Å². The molecule has 1 aliphatic heterocycles. The Labute approximate surface area is 100 Å². The summed E-state index contributed by atoms with van der Waals surface area (Å²) in [4.78, 5) is 2.55. The summed E-state index contributed by atoms with van der Waals surface area (Å²) >= 11 is 0. The first kappa shape index (κ1) is 12.4. The molecule has 0 bridgehead atoms. The molecule has 0 aromatic rings. The molecule has 3 atom stereocenters. The quantitative estimate of drug-likeness (QED) is 0.741. The zero-order valence-corrected chi connectivity index (χ0v) is 11.1. The molecule has 1 aliphatic carbocycles. The largest absolute Gasteiger partial charge is 0.392 e. The van der Waals surface area contributed by atoms with Crippen LogP contribution in [0.1, 0.15) is 52.9 Å². The van der Waals surface area contributed by atoms with Gasteiger partial charge in [0.2, 0.25) is 0 Å². The number of hydrogen-bond donors (Lipinski definition) is 1. The first-order valence-corrected chi connectivity index (χ1v) is 6.88. The second kappa shape index (κ2) is 4.66. The van der Waals surface area contributed by atoms with E-state index in [9.17, 15) is 5.11 Å². The van der Waals surface area contributed by atoms with E-state index < -0.39 is 0 Å². The number of hydrogen-bond acceptors (Lipinski definition) is 2. The van der Waals surface area contributed by atoms with Crippen LogP contribution in [0, 0.1) is 11.3 Å². The van der Waals surface area contributed by atoms with Crippen LogP contribution in [0.5, 0.6) is 0 Å². The molecule has 0 spiro atoms. The van der Waals surface area contributed by atoms with E-state index in [1.54, 1.807) is 0 Å². The van der Waals surface area contributed by atoms with Crippen molar-refractivity contribution < 1.29 is 5.11 Å². The van der Waals surface area contributed by atoms with Gasteiger partial charge in [0.25, 0.3) is 0 Å². The highest BCUT2D eigenvalue weighted by molar-refractivity contribution is 4.89. The van der Waals surface area contributed by atoms with Gasteiger partial charge in [0.15, 0.2) is 0 Å². The topological polar surface area (TPSA) is 23.5 Å². The normalized spacial score (nSPS) is 40.9. The Kier molecular flexibility index (Phi) is 3.60. The average Bonchev–Trinajstić information content (AvgIpc) is 2.14. The van der Waals surface area contributed by atoms with E-state index in [1.165, 1.54) is 32.2 Å². The lowest BCUT2D eigenvalue weighted by Gasteiger charge is -2.45. The Bertz CT molecular complexity index is 239. The fraction of sp³-hybridized carbons (Fsp3) is 1.00. The number of likely N-dealkylation sites (tertiary alicyclic amines) is 1. The predicted molar refractivity (Wildman–Crippen MR) is 67.4 cm³/mol. The van der Waals surface area contributed by atoms with Gasteiger partial charge in [0.05, 0.1) is 6.10 Å². The zero-order chi connectivity index (χ0) is 11.8. The molecule has 1 heterocycles. The van der Waals surface area contributed by atoms with E-state index in [-0.39, 0.29) is 6.10 Å². The zero-order valence-electron chi connectivity index (χ0n) is 11.1. The van der Waals surface area contributed by atoms with Gasteiger partial charge in [-0.3, -0.25) is 4.90 Å². The van der Waals surface area contributed by atoms with E-state index in [2.05, 4.69) is 25.7 Å². The molecule has 0 unspecified atom stereocenters. The lowest BCUT2D eigenvalue weighted by molar-refractivity contribution is 0.00633. The molecule has 2 fully saturated rings. The van der Waals surface area contributed by atoms with Crippen molar-refractivity contribution in [3.05, 3.63) is 0 Å². The van der Waals surface area contributed by atoms with Crippen molar-refractivity contribution in [1.82, 2.24) is 4.90 Å². The fourth-order valence-corrected chi connectivity index (χ4v) is 3.89. The van der Waals surface area contributed by atoms with Crippen LogP contribution in [0.2, 0.25) is 0 Å². The third-order valence-electron chi connectivity index (χ3n) is 4.31. The number of nitrogens with zero attached hydrogens (tertiary/aromatic N) is 1. The Morgan fingerprint density at radius 1 is 1.25 bits per heavy atom. The summed E-state index contributed by atoms with van der Waals surface area (Å²) in [6.45, 7) is 9.29. The molecular weight excluding hydrogens is 198 g/mol. The molecule has 0 amide bonds. The molecule has 2 aliphatic rings. The van der Waals surface area contributed by atoms with Gasteiger partial charge >= 0.3 is 0 Å². The number of β-amino-alcohol motifs (C(OH)–C–C–N with tert-alkyl or cyclic N) is 1. The molecule has 1 saturated heterocycles. The van der Waals surface area contributed by atoms with Gasteiger partial charge in [-0.25, -0.2) is 0 Å². The van der Waals surface area contributed by atoms with Gasteiger partial charge in [0.1, 0.15) is 0 Å². The Balaban J connectivity index is 1.97. The van der Waals surface area contributed by atoms with Crippen molar-refractivity contribution in [1.29, 1.82) is 0 Å². The Morgan fingerprint density at radius 3 is 2.62 bits per heavy atom. The van der Waals surface area contributed by atoms with Crippen molar-refractivity contribution in [2.45, 2.75) is 65.0 Å². The maximum absolute atomic E-state index is 9.76. The van der Waals surface area contributed by atoms with Crippen LogP contribution in [0.3, 0.4) is 0 Å².